The van der Waals surface area contributed by atoms with Crippen LogP contribution >= 0.6 is 11.3 Å². The lowest BCUT2D eigenvalue weighted by atomic mass is 10.0. The van der Waals surface area contributed by atoms with Gasteiger partial charge in [-0.05, 0) is 54.6 Å². The van der Waals surface area contributed by atoms with Crippen molar-refractivity contribution in [3.63, 3.8) is 0 Å². The van der Waals surface area contributed by atoms with Crippen LogP contribution in [-0.2, 0) is 0 Å². The number of thiophene rings is 1. The molecule has 35 heavy (non-hydrogen) atoms. The molecule has 1 saturated heterocycles. The van der Waals surface area contributed by atoms with E-state index in [2.05, 4.69) is 4.90 Å². The zero-order valence-electron chi connectivity index (χ0n) is 18.7. The fourth-order valence-corrected chi connectivity index (χ4v) is 5.17. The zero-order valence-corrected chi connectivity index (χ0v) is 19.6. The largest absolute Gasteiger partial charge is 0.508 e. The summed E-state index contributed by atoms with van der Waals surface area (Å²) in [6.07, 6.45) is 0. The van der Waals surface area contributed by atoms with Crippen LogP contribution in [0.5, 0.6) is 23.0 Å². The standard InChI is InChI=1S/C27H23F2NO4S/c28-14-17-15-30(16-17)10-11-33-21-5-7-22(8-6-21)34-26-23-9-4-20(31)13-24(23)35-27(26)25(32)18-2-1-3-19(29)12-18/h1-9,12-13,17,31H,10-11,14-16H2. The number of phenolic OH excluding ortho intramolecular Hbond substituents is 1. The third-order valence-electron chi connectivity index (χ3n) is 5.89. The van der Waals surface area contributed by atoms with Gasteiger partial charge in [-0.2, -0.15) is 0 Å². The summed E-state index contributed by atoms with van der Waals surface area (Å²) in [5.41, 5.74) is 0.217. The first kappa shape index (κ1) is 23.3. The van der Waals surface area contributed by atoms with Crippen LogP contribution in [0.2, 0.25) is 0 Å². The van der Waals surface area contributed by atoms with E-state index < -0.39 is 5.82 Å². The summed E-state index contributed by atoms with van der Waals surface area (Å²) in [7, 11) is 0. The van der Waals surface area contributed by atoms with E-state index >= 15 is 0 Å². The van der Waals surface area contributed by atoms with Crippen LogP contribution in [0.3, 0.4) is 0 Å². The number of carbonyl (C=O) groups is 1. The molecule has 5 rings (SSSR count). The number of halogens is 2. The maximum atomic E-state index is 13.7. The highest BCUT2D eigenvalue weighted by Crippen LogP contribution is 2.42. The number of phenols is 1. The number of nitrogens with zero attached hydrogens (tertiary/aromatic N) is 1. The van der Waals surface area contributed by atoms with E-state index in [0.717, 1.165) is 19.6 Å². The van der Waals surface area contributed by atoms with Crippen LogP contribution in [0, 0.1) is 11.7 Å². The smallest absolute Gasteiger partial charge is 0.206 e. The highest BCUT2D eigenvalue weighted by molar-refractivity contribution is 7.21. The molecule has 1 aromatic heterocycles. The Labute approximate surface area is 205 Å². The summed E-state index contributed by atoms with van der Waals surface area (Å²) in [5.74, 6) is 0.914. The van der Waals surface area contributed by atoms with Crippen molar-refractivity contribution in [1.29, 1.82) is 0 Å². The van der Waals surface area contributed by atoms with Crippen molar-refractivity contribution in [2.75, 3.05) is 32.9 Å². The Morgan fingerprint density at radius 1 is 1.06 bits per heavy atom. The summed E-state index contributed by atoms with van der Waals surface area (Å²) in [6, 6.07) is 17.4. The number of ether oxygens (including phenoxy) is 2. The second-order valence-corrected chi connectivity index (χ2v) is 9.53. The molecule has 0 unspecified atom stereocenters. The molecule has 1 N–H and O–H groups in total. The van der Waals surface area contributed by atoms with Crippen molar-refractivity contribution in [2.45, 2.75) is 0 Å². The molecule has 8 heteroatoms. The van der Waals surface area contributed by atoms with Gasteiger partial charge >= 0.3 is 0 Å². The molecule has 4 aromatic rings. The van der Waals surface area contributed by atoms with Gasteiger partial charge in [0.1, 0.15) is 34.5 Å². The highest BCUT2D eigenvalue weighted by atomic mass is 32.1. The second kappa shape index (κ2) is 10.0. The van der Waals surface area contributed by atoms with E-state index in [4.69, 9.17) is 9.47 Å². The Morgan fingerprint density at radius 2 is 1.83 bits per heavy atom. The van der Waals surface area contributed by atoms with Gasteiger partial charge in [-0.1, -0.05) is 12.1 Å². The highest BCUT2D eigenvalue weighted by Gasteiger charge is 2.26. The maximum absolute atomic E-state index is 13.7. The van der Waals surface area contributed by atoms with Gasteiger partial charge in [-0.25, -0.2) is 4.39 Å². The van der Waals surface area contributed by atoms with E-state index in [0.29, 0.717) is 38.8 Å². The summed E-state index contributed by atoms with van der Waals surface area (Å²) >= 11 is 1.18. The number of hydrogen-bond acceptors (Lipinski definition) is 6. The number of carbonyl (C=O) groups excluding carboxylic acids is 1. The second-order valence-electron chi connectivity index (χ2n) is 8.48. The average molecular weight is 496 g/mol. The van der Waals surface area contributed by atoms with Crippen LogP contribution in [-0.4, -0.2) is 48.7 Å². The fourth-order valence-electron chi connectivity index (χ4n) is 4.04. The van der Waals surface area contributed by atoms with Crippen molar-refractivity contribution >= 4 is 27.2 Å². The van der Waals surface area contributed by atoms with Crippen molar-refractivity contribution in [3.05, 3.63) is 83.0 Å². The third kappa shape index (κ3) is 5.13. The molecule has 2 heterocycles. The Balaban J connectivity index is 1.33. The molecule has 0 aliphatic carbocycles. The molecule has 0 bridgehead atoms. The van der Waals surface area contributed by atoms with E-state index in [-0.39, 0.29) is 29.7 Å². The van der Waals surface area contributed by atoms with E-state index in [1.54, 1.807) is 42.5 Å². The first-order valence-electron chi connectivity index (χ1n) is 11.2. The lowest BCUT2D eigenvalue weighted by Gasteiger charge is -2.37. The molecule has 1 aliphatic rings. The van der Waals surface area contributed by atoms with E-state index in [1.165, 1.54) is 35.6 Å². The molecular formula is C27H23F2NO4S. The zero-order chi connectivity index (χ0) is 24.4. The van der Waals surface area contributed by atoms with Crippen LogP contribution in [0.4, 0.5) is 8.78 Å². The van der Waals surface area contributed by atoms with Crippen LogP contribution in [0.15, 0.2) is 66.7 Å². The normalized spacial score (nSPS) is 14.1. The molecule has 1 fully saturated rings. The quantitative estimate of drug-likeness (QED) is 0.287. The molecule has 3 aromatic carbocycles. The van der Waals surface area contributed by atoms with Gasteiger partial charge in [0.15, 0.2) is 5.75 Å². The molecule has 0 atom stereocenters. The summed E-state index contributed by atoms with van der Waals surface area (Å²) in [5, 5.41) is 10.6. The number of fused-ring (bicyclic) bond motifs is 1. The molecule has 0 radical (unpaired) electrons. The fraction of sp³-hybridized carbons (Fsp3) is 0.222. The number of ketones is 1. The predicted molar refractivity (Wildman–Crippen MR) is 131 cm³/mol. The number of aromatic hydroxyl groups is 1. The van der Waals surface area contributed by atoms with Gasteiger partial charge in [0.05, 0.1) is 6.67 Å². The third-order valence-corrected chi connectivity index (χ3v) is 7.02. The minimum Gasteiger partial charge on any atom is -0.508 e. The average Bonchev–Trinajstić information content (AvgIpc) is 3.18. The van der Waals surface area contributed by atoms with Crippen LogP contribution < -0.4 is 9.47 Å². The van der Waals surface area contributed by atoms with Crippen molar-refractivity contribution in [2.24, 2.45) is 5.92 Å². The van der Waals surface area contributed by atoms with Crippen molar-refractivity contribution in [3.8, 4) is 23.0 Å². The number of benzene rings is 3. The first-order valence-corrected chi connectivity index (χ1v) is 12.1. The Hall–Kier alpha value is -3.49. The molecule has 0 amide bonds. The Kier molecular flexibility index (Phi) is 6.66. The van der Waals surface area contributed by atoms with Gasteiger partial charge in [-0.15, -0.1) is 11.3 Å². The lowest BCUT2D eigenvalue weighted by molar-refractivity contribution is 0.0668. The molecule has 180 valence electrons. The molecule has 1 aliphatic heterocycles. The van der Waals surface area contributed by atoms with Crippen molar-refractivity contribution in [1.82, 2.24) is 4.90 Å². The maximum Gasteiger partial charge on any atom is 0.206 e. The van der Waals surface area contributed by atoms with Crippen LogP contribution in [0.1, 0.15) is 15.2 Å². The van der Waals surface area contributed by atoms with Gasteiger partial charge in [0.2, 0.25) is 5.78 Å². The monoisotopic (exact) mass is 495 g/mol. The van der Waals surface area contributed by atoms with Gasteiger partial charge < -0.3 is 14.6 Å². The lowest BCUT2D eigenvalue weighted by Crippen LogP contribution is -2.49. The van der Waals surface area contributed by atoms with E-state index in [1.807, 2.05) is 0 Å². The molecule has 0 spiro atoms. The van der Waals surface area contributed by atoms with Gasteiger partial charge in [-0.3, -0.25) is 14.1 Å². The number of hydrogen-bond donors (Lipinski definition) is 1. The number of rotatable bonds is 9. The summed E-state index contributed by atoms with van der Waals surface area (Å²) in [6.45, 7) is 2.53. The molecule has 5 nitrogen and oxygen atoms in total. The Bertz CT molecular complexity index is 1350. The summed E-state index contributed by atoms with van der Waals surface area (Å²) in [4.78, 5) is 15.7. The number of likely N-dealkylation sites (tertiary alicyclic amines) is 1. The topological polar surface area (TPSA) is 59.0 Å². The predicted octanol–water partition coefficient (Wildman–Crippen LogP) is 6.05. The van der Waals surface area contributed by atoms with Crippen LogP contribution in [0.25, 0.3) is 10.1 Å². The minimum atomic E-state index is -0.496. The Morgan fingerprint density at radius 3 is 2.57 bits per heavy atom. The first-order chi connectivity index (χ1) is 17.0. The minimum absolute atomic E-state index is 0.0787. The SMILES string of the molecule is O=C(c1cccc(F)c1)c1sc2cc(O)ccc2c1Oc1ccc(OCCN2CC(CF)C2)cc1. The molecular weight excluding hydrogens is 472 g/mol. The van der Waals surface area contributed by atoms with Crippen molar-refractivity contribution < 1.29 is 28.2 Å². The summed E-state index contributed by atoms with van der Waals surface area (Å²) < 4.78 is 38.9. The van der Waals surface area contributed by atoms with E-state index in [9.17, 15) is 18.7 Å². The van der Waals surface area contributed by atoms with Gasteiger partial charge in [0.25, 0.3) is 0 Å². The van der Waals surface area contributed by atoms with Gasteiger partial charge in [0, 0.05) is 41.2 Å². The molecule has 0 saturated carbocycles. The number of alkyl halides is 1.